The number of hydrogen-bond acceptors (Lipinski definition) is 3. The van der Waals surface area contributed by atoms with Gasteiger partial charge in [-0.1, -0.05) is 35.9 Å². The number of amides is 1. The highest BCUT2D eigenvalue weighted by molar-refractivity contribution is 5.95. The average molecular weight is 446 g/mol. The van der Waals surface area contributed by atoms with E-state index >= 15 is 0 Å². The van der Waals surface area contributed by atoms with Crippen molar-refractivity contribution >= 4 is 17.6 Å². The topological polar surface area (TPSA) is 55.4 Å². The normalized spacial score (nSPS) is 30.7. The monoisotopic (exact) mass is 445 g/mol. The largest absolute Gasteiger partial charge is 0.452 e. The number of ether oxygens (including phenoxy) is 1. The Morgan fingerprint density at radius 1 is 0.939 bits per heavy atom. The summed E-state index contributed by atoms with van der Waals surface area (Å²) in [7, 11) is 0. The van der Waals surface area contributed by atoms with Gasteiger partial charge >= 0.3 is 5.97 Å². The molecule has 2 aromatic carbocycles. The molecule has 0 unspecified atom stereocenters. The van der Waals surface area contributed by atoms with E-state index in [1.165, 1.54) is 36.0 Å². The summed E-state index contributed by atoms with van der Waals surface area (Å²) in [4.78, 5) is 26.3. The molecule has 2 aromatic rings. The van der Waals surface area contributed by atoms with Crippen molar-refractivity contribution in [1.29, 1.82) is 0 Å². The molecule has 0 saturated heterocycles. The van der Waals surface area contributed by atoms with Gasteiger partial charge in [0.25, 0.3) is 5.91 Å². The smallest absolute Gasteiger partial charge is 0.312 e. The van der Waals surface area contributed by atoms with Gasteiger partial charge in [0.1, 0.15) is 0 Å². The highest BCUT2D eigenvalue weighted by Crippen LogP contribution is 2.66. The van der Waals surface area contributed by atoms with Gasteiger partial charge in [-0.05, 0) is 112 Å². The zero-order valence-electron chi connectivity index (χ0n) is 20.2. The quantitative estimate of drug-likeness (QED) is 0.573. The molecule has 1 amide bonds. The van der Waals surface area contributed by atoms with Crippen molar-refractivity contribution in [2.45, 2.75) is 77.7 Å². The number of hydrogen-bond donors (Lipinski definition) is 1. The van der Waals surface area contributed by atoms with Crippen LogP contribution in [0, 0.1) is 38.0 Å². The van der Waals surface area contributed by atoms with Gasteiger partial charge in [-0.3, -0.25) is 9.59 Å². The SMILES string of the molecule is Cc1ccc(NC(=O)[C@H](C)OC(=O)C23C[C@@H]4C[C@@H](C2)CC(c2ccc(C)c(C)c2)(C4)C3)cc1. The molecule has 4 bridgehead atoms. The Morgan fingerprint density at radius 3 is 2.24 bits per heavy atom. The number of nitrogens with one attached hydrogen (secondary N) is 1. The van der Waals surface area contributed by atoms with Crippen molar-refractivity contribution in [3.63, 3.8) is 0 Å². The second kappa shape index (κ2) is 8.00. The zero-order chi connectivity index (χ0) is 23.4. The summed E-state index contributed by atoms with van der Waals surface area (Å²) in [6.07, 6.45) is 5.41. The first-order valence-electron chi connectivity index (χ1n) is 12.3. The maximum absolute atomic E-state index is 13.6. The molecule has 0 spiro atoms. The number of anilines is 1. The average Bonchev–Trinajstić information content (AvgIpc) is 2.76. The van der Waals surface area contributed by atoms with Crippen LogP contribution >= 0.6 is 0 Å². The van der Waals surface area contributed by atoms with Crippen LogP contribution in [0.1, 0.15) is 67.7 Å². The summed E-state index contributed by atoms with van der Waals surface area (Å²) in [5.74, 6) is 0.686. The van der Waals surface area contributed by atoms with Gasteiger partial charge in [0.05, 0.1) is 5.41 Å². The van der Waals surface area contributed by atoms with Crippen molar-refractivity contribution in [2.75, 3.05) is 5.32 Å². The number of esters is 1. The van der Waals surface area contributed by atoms with E-state index in [2.05, 4.69) is 37.4 Å². The molecule has 0 aliphatic heterocycles. The molecule has 0 radical (unpaired) electrons. The second-order valence-electron chi connectivity index (χ2n) is 11.2. The Balaban J connectivity index is 1.34. The molecule has 1 N–H and O–H groups in total. The van der Waals surface area contributed by atoms with Crippen LogP contribution in [0.25, 0.3) is 0 Å². The Morgan fingerprint density at radius 2 is 1.61 bits per heavy atom. The molecule has 4 nitrogen and oxygen atoms in total. The summed E-state index contributed by atoms with van der Waals surface area (Å²) in [5, 5.41) is 2.88. The van der Waals surface area contributed by atoms with E-state index in [1.807, 2.05) is 31.2 Å². The molecule has 4 saturated carbocycles. The first kappa shape index (κ1) is 22.2. The minimum Gasteiger partial charge on any atom is -0.452 e. The van der Waals surface area contributed by atoms with E-state index in [1.54, 1.807) is 6.92 Å². The maximum Gasteiger partial charge on any atom is 0.312 e. The van der Waals surface area contributed by atoms with Crippen LogP contribution in [0.15, 0.2) is 42.5 Å². The molecule has 33 heavy (non-hydrogen) atoms. The van der Waals surface area contributed by atoms with Crippen LogP contribution in [0.4, 0.5) is 5.69 Å². The van der Waals surface area contributed by atoms with Crippen LogP contribution in [0.2, 0.25) is 0 Å². The van der Waals surface area contributed by atoms with Crippen molar-refractivity contribution < 1.29 is 14.3 Å². The Bertz CT molecular complexity index is 1070. The van der Waals surface area contributed by atoms with Gasteiger partial charge < -0.3 is 10.1 Å². The van der Waals surface area contributed by atoms with Crippen molar-refractivity contribution in [3.05, 3.63) is 64.7 Å². The third-order valence-electron chi connectivity index (χ3n) is 8.59. The zero-order valence-corrected chi connectivity index (χ0v) is 20.2. The molecule has 0 heterocycles. The lowest BCUT2D eigenvalue weighted by Crippen LogP contribution is -2.57. The number of carbonyl (C=O) groups is 2. The molecule has 4 aliphatic rings. The fourth-order valence-corrected chi connectivity index (χ4v) is 7.13. The van der Waals surface area contributed by atoms with E-state index in [-0.39, 0.29) is 17.3 Å². The van der Waals surface area contributed by atoms with Crippen molar-refractivity contribution in [2.24, 2.45) is 17.3 Å². The van der Waals surface area contributed by atoms with Gasteiger partial charge in [0, 0.05) is 5.69 Å². The molecule has 4 heteroatoms. The molecule has 4 aliphatic carbocycles. The van der Waals surface area contributed by atoms with Gasteiger partial charge in [-0.25, -0.2) is 0 Å². The fourth-order valence-electron chi connectivity index (χ4n) is 7.13. The van der Waals surface area contributed by atoms with Gasteiger partial charge in [-0.2, -0.15) is 0 Å². The van der Waals surface area contributed by atoms with E-state index in [9.17, 15) is 9.59 Å². The van der Waals surface area contributed by atoms with Crippen LogP contribution in [0.3, 0.4) is 0 Å². The predicted octanol–water partition coefficient (Wildman–Crippen LogP) is 6.02. The van der Waals surface area contributed by atoms with Crippen molar-refractivity contribution in [1.82, 2.24) is 0 Å². The number of carbonyl (C=O) groups excluding carboxylic acids is 2. The molecular weight excluding hydrogens is 410 g/mol. The molecular formula is C29H35NO3. The third-order valence-corrected chi connectivity index (χ3v) is 8.59. The fraction of sp³-hybridized carbons (Fsp3) is 0.517. The lowest BCUT2D eigenvalue weighted by atomic mass is 9.43. The highest BCUT2D eigenvalue weighted by Gasteiger charge is 2.61. The maximum atomic E-state index is 13.6. The molecule has 0 aromatic heterocycles. The lowest BCUT2D eigenvalue weighted by Gasteiger charge is -2.61. The Labute approximate surface area is 197 Å². The Hall–Kier alpha value is -2.62. The number of benzene rings is 2. The summed E-state index contributed by atoms with van der Waals surface area (Å²) in [5.41, 5.74) is 5.48. The second-order valence-corrected chi connectivity index (χ2v) is 11.2. The molecule has 6 rings (SSSR count). The first-order valence-corrected chi connectivity index (χ1v) is 12.3. The van der Waals surface area contributed by atoms with Crippen molar-refractivity contribution in [3.8, 4) is 0 Å². The van der Waals surface area contributed by atoms with E-state index in [0.717, 1.165) is 30.5 Å². The standard InChI is InChI=1S/C29H35NO3/c1-18-5-9-25(10-6-18)30-26(31)21(4)33-27(32)29-15-22-12-23(16-29)14-28(13-22,17-29)24-8-7-19(2)20(3)11-24/h5-11,21-23H,12-17H2,1-4H3,(H,30,31)/t21-,22+,23+,28?,29?/m0/s1. The van der Waals surface area contributed by atoms with E-state index in [0.29, 0.717) is 11.8 Å². The Kier molecular flexibility index (Phi) is 5.38. The molecule has 3 atom stereocenters. The van der Waals surface area contributed by atoms with Crippen LogP contribution < -0.4 is 5.32 Å². The predicted molar refractivity (Wildman–Crippen MR) is 130 cm³/mol. The van der Waals surface area contributed by atoms with Crippen LogP contribution in [-0.4, -0.2) is 18.0 Å². The minimum absolute atomic E-state index is 0.0644. The molecule has 174 valence electrons. The van der Waals surface area contributed by atoms with E-state index < -0.39 is 11.5 Å². The molecule has 4 fully saturated rings. The summed E-state index contributed by atoms with van der Waals surface area (Å²) in [6.45, 7) is 8.02. The summed E-state index contributed by atoms with van der Waals surface area (Å²) < 4.78 is 5.87. The third kappa shape index (κ3) is 3.98. The van der Waals surface area contributed by atoms with E-state index in [4.69, 9.17) is 4.74 Å². The van der Waals surface area contributed by atoms with Gasteiger partial charge in [0.15, 0.2) is 6.10 Å². The summed E-state index contributed by atoms with van der Waals surface area (Å²) in [6, 6.07) is 14.5. The van der Waals surface area contributed by atoms with Crippen LogP contribution in [0.5, 0.6) is 0 Å². The van der Waals surface area contributed by atoms with Gasteiger partial charge in [-0.15, -0.1) is 0 Å². The lowest BCUT2D eigenvalue weighted by molar-refractivity contribution is -0.180. The number of aryl methyl sites for hydroxylation is 3. The minimum atomic E-state index is -0.815. The number of rotatable bonds is 5. The first-order chi connectivity index (χ1) is 15.7. The summed E-state index contributed by atoms with van der Waals surface area (Å²) >= 11 is 0. The van der Waals surface area contributed by atoms with Crippen LogP contribution in [-0.2, 0) is 19.7 Å². The highest BCUT2D eigenvalue weighted by atomic mass is 16.5. The van der Waals surface area contributed by atoms with Gasteiger partial charge in [0.2, 0.25) is 0 Å².